The molecule has 0 amide bonds. The fourth-order valence-electron chi connectivity index (χ4n) is 1.26. The molecule has 1 heterocycles. The second kappa shape index (κ2) is 6.98. The number of unbranched alkanes of at least 4 members (excludes halogenated alkanes) is 1. The molecule has 0 spiro atoms. The van der Waals surface area contributed by atoms with Gasteiger partial charge in [0.2, 0.25) is 0 Å². The number of hydrogen-bond donors (Lipinski definition) is 1. The van der Waals surface area contributed by atoms with Crippen molar-refractivity contribution in [2.75, 3.05) is 5.43 Å². The maximum Gasteiger partial charge on any atom is 0.146 e. The van der Waals surface area contributed by atoms with E-state index in [0.29, 0.717) is 0 Å². The quantitative estimate of drug-likeness (QED) is 0.570. The second-order valence-corrected chi connectivity index (χ2v) is 3.46. The first-order chi connectivity index (χ1) is 7.36. The van der Waals surface area contributed by atoms with Crippen molar-refractivity contribution in [3.05, 3.63) is 24.4 Å². The number of nitrogens with zero attached hydrogens (tertiary/aromatic N) is 2. The number of anilines is 1. The summed E-state index contributed by atoms with van der Waals surface area (Å²) in [5, 5.41) is 4.35. The Balaban J connectivity index is 2.47. The van der Waals surface area contributed by atoms with E-state index in [0.717, 1.165) is 18.7 Å². The molecule has 0 aliphatic carbocycles. The molecule has 0 radical (unpaired) electrons. The van der Waals surface area contributed by atoms with Gasteiger partial charge in [0.25, 0.3) is 0 Å². The highest BCUT2D eigenvalue weighted by molar-refractivity contribution is 5.84. The van der Waals surface area contributed by atoms with Gasteiger partial charge in [-0.05, 0) is 31.4 Å². The monoisotopic (exact) mass is 205 g/mol. The Morgan fingerprint density at radius 2 is 2.27 bits per heavy atom. The van der Waals surface area contributed by atoms with Crippen LogP contribution in [0.4, 0.5) is 5.82 Å². The highest BCUT2D eigenvalue weighted by Gasteiger charge is 1.96. The molecule has 1 N–H and O–H groups in total. The van der Waals surface area contributed by atoms with Gasteiger partial charge in [-0.2, -0.15) is 5.10 Å². The van der Waals surface area contributed by atoms with Gasteiger partial charge in [0.05, 0.1) is 0 Å². The van der Waals surface area contributed by atoms with Crippen LogP contribution in [0.2, 0.25) is 0 Å². The van der Waals surface area contributed by atoms with E-state index >= 15 is 0 Å². The van der Waals surface area contributed by atoms with E-state index < -0.39 is 0 Å². The lowest BCUT2D eigenvalue weighted by Crippen LogP contribution is -2.01. The van der Waals surface area contributed by atoms with Crippen LogP contribution in [-0.4, -0.2) is 10.7 Å². The molecule has 1 aromatic rings. The first-order valence-electron chi connectivity index (χ1n) is 5.59. The van der Waals surface area contributed by atoms with Gasteiger partial charge in [-0.15, -0.1) is 0 Å². The summed E-state index contributed by atoms with van der Waals surface area (Å²) >= 11 is 0. The van der Waals surface area contributed by atoms with E-state index in [1.807, 2.05) is 18.2 Å². The summed E-state index contributed by atoms with van der Waals surface area (Å²) in [7, 11) is 0. The Kier molecular flexibility index (Phi) is 5.44. The van der Waals surface area contributed by atoms with Crippen LogP contribution >= 0.6 is 0 Å². The van der Waals surface area contributed by atoms with E-state index in [9.17, 15) is 0 Å². The molecule has 15 heavy (non-hydrogen) atoms. The minimum atomic E-state index is 0.806. The molecule has 0 saturated heterocycles. The molecule has 82 valence electrons. The maximum atomic E-state index is 4.35. The van der Waals surface area contributed by atoms with Crippen LogP contribution < -0.4 is 5.43 Å². The molecule has 0 aliphatic rings. The van der Waals surface area contributed by atoms with E-state index in [-0.39, 0.29) is 0 Å². The van der Waals surface area contributed by atoms with E-state index in [1.165, 1.54) is 18.6 Å². The average molecular weight is 205 g/mol. The molecule has 0 aromatic carbocycles. The number of hydrazone groups is 1. The van der Waals surface area contributed by atoms with Crippen molar-refractivity contribution >= 4 is 11.5 Å². The lowest BCUT2D eigenvalue weighted by molar-refractivity contribution is 0.824. The Morgan fingerprint density at radius 3 is 2.87 bits per heavy atom. The second-order valence-electron chi connectivity index (χ2n) is 3.46. The largest absolute Gasteiger partial charge is 0.261 e. The highest BCUT2D eigenvalue weighted by atomic mass is 15.3. The van der Waals surface area contributed by atoms with Crippen molar-refractivity contribution in [3.8, 4) is 0 Å². The molecular formula is C12H19N3. The van der Waals surface area contributed by atoms with Gasteiger partial charge in [0.15, 0.2) is 0 Å². The first-order valence-corrected chi connectivity index (χ1v) is 5.59. The van der Waals surface area contributed by atoms with Gasteiger partial charge < -0.3 is 0 Å². The van der Waals surface area contributed by atoms with E-state index in [1.54, 1.807) is 6.20 Å². The standard InChI is InChI=1S/C12H19N3/c1-3-5-8-11(4-2)14-15-12-9-6-7-10-13-12/h6-7,9-10H,3-5,8H2,1-2H3,(H,13,15)/b14-11-. The minimum Gasteiger partial charge on any atom is -0.261 e. The fourth-order valence-corrected chi connectivity index (χ4v) is 1.26. The van der Waals surface area contributed by atoms with Gasteiger partial charge >= 0.3 is 0 Å². The zero-order valence-corrected chi connectivity index (χ0v) is 9.53. The molecule has 0 aliphatic heterocycles. The van der Waals surface area contributed by atoms with Crippen molar-refractivity contribution in [2.45, 2.75) is 39.5 Å². The van der Waals surface area contributed by atoms with Crippen LogP contribution in [0, 0.1) is 0 Å². The summed E-state index contributed by atoms with van der Waals surface area (Å²) in [6, 6.07) is 5.76. The van der Waals surface area contributed by atoms with Crippen molar-refractivity contribution in [1.29, 1.82) is 0 Å². The van der Waals surface area contributed by atoms with Gasteiger partial charge in [-0.25, -0.2) is 4.98 Å². The summed E-state index contributed by atoms with van der Waals surface area (Å²) in [5.74, 6) is 0.806. The number of hydrogen-bond acceptors (Lipinski definition) is 3. The van der Waals surface area contributed by atoms with Crippen molar-refractivity contribution in [1.82, 2.24) is 4.98 Å². The molecular weight excluding hydrogens is 186 g/mol. The lowest BCUT2D eigenvalue weighted by Gasteiger charge is -2.03. The Hall–Kier alpha value is -1.38. The Morgan fingerprint density at radius 1 is 1.40 bits per heavy atom. The highest BCUT2D eigenvalue weighted by Crippen LogP contribution is 2.03. The smallest absolute Gasteiger partial charge is 0.146 e. The zero-order valence-electron chi connectivity index (χ0n) is 9.53. The topological polar surface area (TPSA) is 37.3 Å². The van der Waals surface area contributed by atoms with Gasteiger partial charge in [-0.3, -0.25) is 5.43 Å². The Bertz CT molecular complexity index is 293. The number of pyridine rings is 1. The summed E-state index contributed by atoms with van der Waals surface area (Å²) in [5.41, 5.74) is 4.19. The third-order valence-corrected chi connectivity index (χ3v) is 2.22. The molecule has 0 bridgehead atoms. The van der Waals surface area contributed by atoms with Crippen molar-refractivity contribution < 1.29 is 0 Å². The van der Waals surface area contributed by atoms with Crippen LogP contribution in [0.15, 0.2) is 29.5 Å². The summed E-state index contributed by atoms with van der Waals surface area (Å²) in [6.07, 6.45) is 6.25. The fraction of sp³-hybridized carbons (Fsp3) is 0.500. The van der Waals surface area contributed by atoms with Crippen molar-refractivity contribution in [3.63, 3.8) is 0 Å². The predicted octanol–water partition coefficient (Wildman–Crippen LogP) is 3.45. The Labute approximate surface area is 91.6 Å². The minimum absolute atomic E-state index is 0.806. The number of nitrogens with one attached hydrogen (secondary N) is 1. The zero-order chi connectivity index (χ0) is 10.9. The third-order valence-electron chi connectivity index (χ3n) is 2.22. The summed E-state index contributed by atoms with van der Waals surface area (Å²) in [6.45, 7) is 4.33. The first kappa shape index (κ1) is 11.7. The average Bonchev–Trinajstić information content (AvgIpc) is 2.31. The molecule has 1 aromatic heterocycles. The van der Waals surface area contributed by atoms with E-state index in [4.69, 9.17) is 0 Å². The molecule has 1 rings (SSSR count). The molecule has 3 nitrogen and oxygen atoms in total. The van der Waals surface area contributed by atoms with Crippen LogP contribution in [0.1, 0.15) is 39.5 Å². The maximum absolute atomic E-state index is 4.35. The van der Waals surface area contributed by atoms with Crippen LogP contribution in [0.3, 0.4) is 0 Å². The molecule has 0 unspecified atom stereocenters. The van der Waals surface area contributed by atoms with Crippen molar-refractivity contribution in [2.24, 2.45) is 5.10 Å². The number of aromatic nitrogens is 1. The number of rotatable bonds is 6. The van der Waals surface area contributed by atoms with Crippen LogP contribution in [0.5, 0.6) is 0 Å². The molecule has 0 fully saturated rings. The van der Waals surface area contributed by atoms with Crippen LogP contribution in [0.25, 0.3) is 0 Å². The van der Waals surface area contributed by atoms with E-state index in [2.05, 4.69) is 29.4 Å². The summed E-state index contributed by atoms with van der Waals surface area (Å²) < 4.78 is 0. The van der Waals surface area contributed by atoms with Gasteiger partial charge in [0, 0.05) is 11.9 Å². The van der Waals surface area contributed by atoms with Gasteiger partial charge in [0.1, 0.15) is 5.82 Å². The predicted molar refractivity (Wildman–Crippen MR) is 65.1 cm³/mol. The molecule has 0 saturated carbocycles. The lowest BCUT2D eigenvalue weighted by atomic mass is 10.1. The summed E-state index contributed by atoms with van der Waals surface area (Å²) in [4.78, 5) is 4.15. The van der Waals surface area contributed by atoms with Gasteiger partial charge in [-0.1, -0.05) is 26.3 Å². The molecule has 0 atom stereocenters. The normalized spacial score (nSPS) is 11.5. The van der Waals surface area contributed by atoms with Crippen LogP contribution in [-0.2, 0) is 0 Å². The third kappa shape index (κ3) is 4.58. The molecule has 3 heteroatoms. The SMILES string of the molecule is CCCC/C(CC)=N\Nc1ccccn1.